The van der Waals surface area contributed by atoms with E-state index in [1.54, 1.807) is 42.5 Å². The number of hydrogen-bond donors (Lipinski definition) is 0. The topological polar surface area (TPSA) is 66.9 Å². The molecular formula is C25H25FN2O4S. The van der Waals surface area contributed by atoms with Crippen LogP contribution in [0.3, 0.4) is 0 Å². The highest BCUT2D eigenvalue weighted by Crippen LogP contribution is 2.25. The molecule has 3 aromatic carbocycles. The number of carbonyl (C=O) groups is 1. The minimum absolute atomic E-state index is 0.0280. The normalized spacial score (nSPS) is 11.0. The van der Waals surface area contributed by atoms with Crippen LogP contribution in [-0.4, -0.2) is 39.9 Å². The van der Waals surface area contributed by atoms with E-state index in [4.69, 9.17) is 4.74 Å². The number of sulfonamides is 1. The van der Waals surface area contributed by atoms with Gasteiger partial charge in [0.05, 0.1) is 17.7 Å². The summed E-state index contributed by atoms with van der Waals surface area (Å²) < 4.78 is 46.8. The molecule has 0 radical (unpaired) electrons. The number of hydrogen-bond acceptors (Lipinski definition) is 4. The van der Waals surface area contributed by atoms with E-state index in [0.717, 1.165) is 4.31 Å². The fraction of sp³-hybridized carbons (Fsp3) is 0.160. The van der Waals surface area contributed by atoms with Crippen molar-refractivity contribution in [1.29, 1.82) is 0 Å². The van der Waals surface area contributed by atoms with Crippen LogP contribution in [0.4, 0.5) is 10.1 Å². The summed E-state index contributed by atoms with van der Waals surface area (Å²) in [5.41, 5.74) is 0.980. The van der Waals surface area contributed by atoms with Gasteiger partial charge in [-0.15, -0.1) is 6.58 Å². The molecule has 1 amide bonds. The van der Waals surface area contributed by atoms with Crippen LogP contribution in [0.25, 0.3) is 0 Å². The van der Waals surface area contributed by atoms with E-state index >= 15 is 0 Å². The summed E-state index contributed by atoms with van der Waals surface area (Å²) in [5, 5.41) is 0. The standard InChI is InChI=1S/C25H25FN2O4S/c1-4-16-28(18-20-8-5-6-11-24(20)26)25(29)19-9-7-10-23(17-19)33(30,31)27(2)21-12-14-22(32-3)15-13-21/h4-15,17H,1,16,18H2,2-3H3. The number of benzene rings is 3. The fourth-order valence-electron chi connectivity index (χ4n) is 3.27. The molecular weight excluding hydrogens is 443 g/mol. The van der Waals surface area contributed by atoms with E-state index in [1.807, 2.05) is 0 Å². The van der Waals surface area contributed by atoms with Gasteiger partial charge < -0.3 is 9.64 Å². The maximum Gasteiger partial charge on any atom is 0.264 e. The van der Waals surface area contributed by atoms with Crippen molar-refractivity contribution in [2.24, 2.45) is 0 Å². The Morgan fingerprint density at radius 2 is 1.76 bits per heavy atom. The van der Waals surface area contributed by atoms with Crippen LogP contribution >= 0.6 is 0 Å². The van der Waals surface area contributed by atoms with Crippen LogP contribution in [0.1, 0.15) is 15.9 Å². The third-order valence-electron chi connectivity index (χ3n) is 5.13. The first-order valence-electron chi connectivity index (χ1n) is 10.1. The lowest BCUT2D eigenvalue weighted by Crippen LogP contribution is -2.31. The molecule has 6 nitrogen and oxygen atoms in total. The highest BCUT2D eigenvalue weighted by Gasteiger charge is 2.24. The Labute approximate surface area is 193 Å². The zero-order chi connectivity index (χ0) is 24.0. The van der Waals surface area contributed by atoms with Gasteiger partial charge in [-0.05, 0) is 48.5 Å². The molecule has 3 rings (SSSR count). The Balaban J connectivity index is 1.89. The Hall–Kier alpha value is -3.65. The summed E-state index contributed by atoms with van der Waals surface area (Å²) in [7, 11) is -0.964. The van der Waals surface area contributed by atoms with Gasteiger partial charge in [0.1, 0.15) is 11.6 Å². The van der Waals surface area contributed by atoms with Gasteiger partial charge in [0.15, 0.2) is 0 Å². The monoisotopic (exact) mass is 468 g/mol. The van der Waals surface area contributed by atoms with Gasteiger partial charge in [-0.2, -0.15) is 0 Å². The lowest BCUT2D eigenvalue weighted by Gasteiger charge is -2.23. The number of anilines is 1. The number of ether oxygens (including phenoxy) is 1. The molecule has 0 atom stereocenters. The number of nitrogens with zero attached hydrogens (tertiary/aromatic N) is 2. The van der Waals surface area contributed by atoms with E-state index in [2.05, 4.69) is 6.58 Å². The summed E-state index contributed by atoms with van der Waals surface area (Å²) in [5.74, 6) is -0.242. The average molecular weight is 469 g/mol. The highest BCUT2D eigenvalue weighted by molar-refractivity contribution is 7.92. The Morgan fingerprint density at radius 1 is 1.06 bits per heavy atom. The molecule has 0 spiro atoms. The van der Waals surface area contributed by atoms with Gasteiger partial charge in [0, 0.05) is 31.3 Å². The van der Waals surface area contributed by atoms with Crippen molar-refractivity contribution in [2.45, 2.75) is 11.4 Å². The summed E-state index contributed by atoms with van der Waals surface area (Å²) in [6.07, 6.45) is 1.54. The molecule has 0 fully saturated rings. The Kier molecular flexibility index (Phi) is 7.50. The maximum atomic E-state index is 14.1. The van der Waals surface area contributed by atoms with Crippen molar-refractivity contribution in [1.82, 2.24) is 4.90 Å². The van der Waals surface area contributed by atoms with Crippen LogP contribution in [0.5, 0.6) is 5.75 Å². The number of rotatable bonds is 9. The molecule has 0 aromatic heterocycles. The van der Waals surface area contributed by atoms with Crippen molar-refractivity contribution >= 4 is 21.6 Å². The Bertz CT molecular complexity index is 1240. The van der Waals surface area contributed by atoms with Crippen molar-refractivity contribution in [3.05, 3.63) is 102 Å². The van der Waals surface area contributed by atoms with Crippen molar-refractivity contribution < 1.29 is 22.3 Å². The quantitative estimate of drug-likeness (QED) is 0.434. The first-order valence-corrected chi connectivity index (χ1v) is 11.6. The summed E-state index contributed by atoms with van der Waals surface area (Å²) >= 11 is 0. The van der Waals surface area contributed by atoms with Crippen LogP contribution in [0.2, 0.25) is 0 Å². The number of carbonyl (C=O) groups excluding carboxylic acids is 1. The summed E-state index contributed by atoms with van der Waals surface area (Å²) in [4.78, 5) is 14.5. The van der Waals surface area contributed by atoms with Gasteiger partial charge in [-0.1, -0.05) is 30.3 Å². The van der Waals surface area contributed by atoms with Gasteiger partial charge in [-0.25, -0.2) is 12.8 Å². The van der Waals surface area contributed by atoms with E-state index in [1.165, 1.54) is 55.5 Å². The SMILES string of the molecule is C=CCN(Cc1ccccc1F)C(=O)c1cccc(S(=O)(=O)N(C)c2ccc(OC)cc2)c1. The van der Waals surface area contributed by atoms with Gasteiger partial charge in [0.2, 0.25) is 0 Å². The molecule has 0 unspecified atom stereocenters. The van der Waals surface area contributed by atoms with Gasteiger partial charge >= 0.3 is 0 Å². The molecule has 0 saturated heterocycles. The first-order chi connectivity index (χ1) is 15.8. The average Bonchev–Trinajstić information content (AvgIpc) is 2.84. The highest BCUT2D eigenvalue weighted by atomic mass is 32.2. The van der Waals surface area contributed by atoms with Gasteiger partial charge in [-0.3, -0.25) is 9.10 Å². The van der Waals surface area contributed by atoms with Crippen molar-refractivity contribution in [2.75, 3.05) is 25.0 Å². The van der Waals surface area contributed by atoms with Gasteiger partial charge in [0.25, 0.3) is 15.9 Å². The predicted octanol–water partition coefficient (Wildman–Crippen LogP) is 4.49. The number of halogens is 1. The van der Waals surface area contributed by atoms with E-state index < -0.39 is 21.7 Å². The lowest BCUT2D eigenvalue weighted by molar-refractivity contribution is 0.0761. The summed E-state index contributed by atoms with van der Waals surface area (Å²) in [6, 6.07) is 18.6. The fourth-order valence-corrected chi connectivity index (χ4v) is 4.51. The van der Waals surface area contributed by atoms with E-state index in [-0.39, 0.29) is 23.5 Å². The third-order valence-corrected chi connectivity index (χ3v) is 6.91. The molecule has 172 valence electrons. The minimum atomic E-state index is -3.93. The van der Waals surface area contributed by atoms with E-state index in [9.17, 15) is 17.6 Å². The summed E-state index contributed by atoms with van der Waals surface area (Å²) in [6.45, 7) is 3.87. The first kappa shape index (κ1) is 24.0. The van der Waals surface area contributed by atoms with Crippen LogP contribution in [-0.2, 0) is 16.6 Å². The molecule has 0 heterocycles. The second-order valence-corrected chi connectivity index (χ2v) is 9.23. The van der Waals surface area contributed by atoms with Crippen LogP contribution in [0.15, 0.2) is 90.3 Å². The van der Waals surface area contributed by atoms with Crippen molar-refractivity contribution in [3.8, 4) is 5.75 Å². The predicted molar refractivity (Wildman–Crippen MR) is 126 cm³/mol. The third kappa shape index (κ3) is 5.40. The second kappa shape index (κ2) is 10.3. The molecule has 0 aliphatic rings. The molecule has 0 saturated carbocycles. The maximum absolute atomic E-state index is 14.1. The number of methoxy groups -OCH3 is 1. The second-order valence-electron chi connectivity index (χ2n) is 7.26. The zero-order valence-electron chi connectivity index (χ0n) is 18.4. The Morgan fingerprint density at radius 3 is 2.39 bits per heavy atom. The molecule has 3 aromatic rings. The largest absolute Gasteiger partial charge is 0.497 e. The van der Waals surface area contributed by atoms with E-state index in [0.29, 0.717) is 17.0 Å². The molecule has 0 N–H and O–H groups in total. The molecule has 0 bridgehead atoms. The van der Waals surface area contributed by atoms with Crippen LogP contribution < -0.4 is 9.04 Å². The smallest absolute Gasteiger partial charge is 0.264 e. The number of amides is 1. The van der Waals surface area contributed by atoms with Crippen LogP contribution in [0, 0.1) is 5.82 Å². The minimum Gasteiger partial charge on any atom is -0.497 e. The molecule has 8 heteroatoms. The molecule has 0 aliphatic carbocycles. The zero-order valence-corrected chi connectivity index (χ0v) is 19.3. The lowest BCUT2D eigenvalue weighted by atomic mass is 10.1. The molecule has 33 heavy (non-hydrogen) atoms. The molecule has 0 aliphatic heterocycles. The van der Waals surface area contributed by atoms with Crippen molar-refractivity contribution in [3.63, 3.8) is 0 Å².